The molecule has 2 heterocycles. The molecule has 8 aromatic carbocycles. The summed E-state index contributed by atoms with van der Waals surface area (Å²) >= 11 is 0. The maximum Gasteiger partial charge on any atom is 0.252 e. The summed E-state index contributed by atoms with van der Waals surface area (Å²) in [6.45, 7) is 29.3. The molecule has 2 aliphatic heterocycles. The maximum absolute atomic E-state index is 2.73. The van der Waals surface area contributed by atoms with Gasteiger partial charge in [0.05, 0.1) is 5.69 Å². The minimum absolute atomic E-state index is 0.0114. The average Bonchev–Trinajstić information content (AvgIpc) is 3.69. The first-order valence-electron chi connectivity index (χ1n) is 26.6. The molecule has 3 aliphatic carbocycles. The van der Waals surface area contributed by atoms with E-state index in [0.717, 1.165) is 23.5 Å². The van der Waals surface area contributed by atoms with Crippen LogP contribution in [0.2, 0.25) is 0 Å². The van der Waals surface area contributed by atoms with Crippen molar-refractivity contribution in [1.29, 1.82) is 0 Å². The van der Waals surface area contributed by atoms with Gasteiger partial charge in [-0.2, -0.15) is 0 Å². The lowest BCUT2D eigenvalue weighted by molar-refractivity contribution is 0.332. The van der Waals surface area contributed by atoms with E-state index in [1.54, 1.807) is 0 Å². The molecule has 5 aliphatic rings. The molecule has 0 bridgehead atoms. The van der Waals surface area contributed by atoms with Gasteiger partial charge in [0.2, 0.25) is 0 Å². The summed E-state index contributed by atoms with van der Waals surface area (Å²) in [6, 6.07) is 61.0. The molecular formula is C68H68BN3. The third-order valence-corrected chi connectivity index (χ3v) is 18.2. The first-order chi connectivity index (χ1) is 34.3. The highest BCUT2D eigenvalue weighted by Gasteiger charge is 2.50. The Bertz CT molecular complexity index is 3540. The number of hydrogen-bond donors (Lipinski definition) is 0. The zero-order valence-corrected chi connectivity index (χ0v) is 44.6. The lowest BCUT2D eigenvalue weighted by atomic mass is 9.33. The van der Waals surface area contributed by atoms with Crippen molar-refractivity contribution in [1.82, 2.24) is 0 Å². The summed E-state index contributed by atoms with van der Waals surface area (Å²) in [6.07, 6.45) is 3.48. The summed E-state index contributed by atoms with van der Waals surface area (Å²) in [5, 5.41) is 0. The normalized spacial score (nSPS) is 18.3. The van der Waals surface area contributed by atoms with Crippen molar-refractivity contribution in [3.63, 3.8) is 0 Å². The molecule has 13 rings (SSSR count). The molecule has 0 radical (unpaired) electrons. The monoisotopic (exact) mass is 938 g/mol. The number of para-hydroxylation sites is 2. The van der Waals surface area contributed by atoms with Crippen LogP contribution in [0.15, 0.2) is 158 Å². The van der Waals surface area contributed by atoms with Crippen molar-refractivity contribution in [2.45, 2.75) is 129 Å². The van der Waals surface area contributed by atoms with Crippen molar-refractivity contribution in [3.8, 4) is 11.1 Å². The first kappa shape index (κ1) is 45.1. The van der Waals surface area contributed by atoms with E-state index in [1.165, 1.54) is 119 Å². The maximum atomic E-state index is 2.73. The van der Waals surface area contributed by atoms with E-state index < -0.39 is 0 Å². The lowest BCUT2D eigenvalue weighted by Crippen LogP contribution is -2.61. The topological polar surface area (TPSA) is 9.72 Å². The van der Waals surface area contributed by atoms with Gasteiger partial charge in [-0.25, -0.2) is 0 Å². The molecule has 0 N–H and O–H groups in total. The van der Waals surface area contributed by atoms with Gasteiger partial charge in [-0.1, -0.05) is 160 Å². The molecule has 4 heteroatoms. The number of benzene rings is 8. The number of fused-ring (bicyclic) bond motifs is 9. The van der Waals surface area contributed by atoms with Gasteiger partial charge in [0.25, 0.3) is 6.71 Å². The van der Waals surface area contributed by atoms with E-state index in [9.17, 15) is 0 Å². The SMILES string of the molecule is Cc1cc2c3c(c1)N(c1cccc4c1-c1ccccc1C4(C)C)c1cc(N(c4ccccc4)c4ccccc4)ccc1B3c1cc3c(cc1N2c1cc2c(cc1C)C(C)(C)CCC2(C)C)C(C)(C)CC3(C)C. The van der Waals surface area contributed by atoms with Crippen LogP contribution in [0.3, 0.4) is 0 Å². The molecule has 0 saturated heterocycles. The van der Waals surface area contributed by atoms with Crippen LogP contribution in [0, 0.1) is 13.8 Å². The largest absolute Gasteiger partial charge is 0.311 e. The van der Waals surface area contributed by atoms with Gasteiger partial charge in [-0.3, -0.25) is 0 Å². The lowest BCUT2D eigenvalue weighted by Gasteiger charge is -2.47. The zero-order chi connectivity index (χ0) is 50.0. The van der Waals surface area contributed by atoms with E-state index in [2.05, 4.69) is 256 Å². The molecule has 72 heavy (non-hydrogen) atoms. The Morgan fingerprint density at radius 2 is 0.931 bits per heavy atom. The standard InChI is InChI=1S/C68H68BN3/c1-42-34-60-63-61(35-42)72(57-39-52-50(36-43(57)2)64(3,4)32-33-65(52,5)6)59-40-53-51(66(7,8)41-67(53,9)10)38-55(59)69(63)54-31-30-46(70(44-22-15-13-16-23-44)45-24-17-14-18-25-45)37-58(54)71(60)56-29-21-28-49-62(56)47-26-19-20-27-48(47)68(49,11)12/h13-31,34-40H,32-33,41H2,1-12H3. The van der Waals surface area contributed by atoms with E-state index in [-0.39, 0.29) is 33.8 Å². The molecule has 0 atom stereocenters. The molecule has 8 aromatic rings. The van der Waals surface area contributed by atoms with Crippen LogP contribution >= 0.6 is 0 Å². The van der Waals surface area contributed by atoms with E-state index in [1.807, 2.05) is 0 Å². The second-order valence-corrected chi connectivity index (χ2v) is 25.3. The van der Waals surface area contributed by atoms with Crippen molar-refractivity contribution in [2.24, 2.45) is 0 Å². The first-order valence-corrected chi connectivity index (χ1v) is 26.6. The number of aryl methyl sites for hydroxylation is 2. The Morgan fingerprint density at radius 3 is 1.58 bits per heavy atom. The molecule has 3 nitrogen and oxygen atoms in total. The van der Waals surface area contributed by atoms with Crippen LogP contribution in [-0.4, -0.2) is 6.71 Å². The molecule has 0 unspecified atom stereocenters. The summed E-state index contributed by atoms with van der Waals surface area (Å²) in [5.74, 6) is 0. The molecule has 0 amide bonds. The molecule has 358 valence electrons. The predicted molar refractivity (Wildman–Crippen MR) is 308 cm³/mol. The fourth-order valence-electron chi connectivity index (χ4n) is 14.7. The highest BCUT2D eigenvalue weighted by molar-refractivity contribution is 7.00. The molecule has 0 fully saturated rings. The molecule has 0 saturated carbocycles. The molecule has 0 spiro atoms. The quantitative estimate of drug-likeness (QED) is 0.159. The Kier molecular flexibility index (Phi) is 9.49. The number of hydrogen-bond acceptors (Lipinski definition) is 3. The van der Waals surface area contributed by atoms with Crippen LogP contribution in [0.4, 0.5) is 51.2 Å². The third kappa shape index (κ3) is 6.36. The van der Waals surface area contributed by atoms with Crippen LogP contribution < -0.4 is 31.1 Å². The van der Waals surface area contributed by atoms with Gasteiger partial charge in [0.15, 0.2) is 0 Å². The van der Waals surface area contributed by atoms with Crippen molar-refractivity contribution < 1.29 is 0 Å². The van der Waals surface area contributed by atoms with Gasteiger partial charge < -0.3 is 14.7 Å². The van der Waals surface area contributed by atoms with Gasteiger partial charge in [-0.15, -0.1) is 0 Å². The smallest absolute Gasteiger partial charge is 0.252 e. The Hall–Kier alpha value is -6.78. The van der Waals surface area contributed by atoms with E-state index >= 15 is 0 Å². The number of nitrogens with zero attached hydrogens (tertiary/aromatic N) is 3. The van der Waals surface area contributed by atoms with Crippen LogP contribution in [0.25, 0.3) is 11.1 Å². The van der Waals surface area contributed by atoms with E-state index in [4.69, 9.17) is 0 Å². The fourth-order valence-corrected chi connectivity index (χ4v) is 14.7. The van der Waals surface area contributed by atoms with Crippen molar-refractivity contribution in [2.75, 3.05) is 14.7 Å². The van der Waals surface area contributed by atoms with Gasteiger partial charge in [-0.05, 0) is 188 Å². The van der Waals surface area contributed by atoms with Crippen molar-refractivity contribution >= 4 is 74.3 Å². The van der Waals surface area contributed by atoms with Crippen LogP contribution in [-0.2, 0) is 27.1 Å². The third-order valence-electron chi connectivity index (χ3n) is 18.2. The number of rotatable bonds is 5. The molecule has 0 aromatic heterocycles. The van der Waals surface area contributed by atoms with E-state index in [0.29, 0.717) is 0 Å². The van der Waals surface area contributed by atoms with Gasteiger partial charge in [0.1, 0.15) is 0 Å². The summed E-state index contributed by atoms with van der Waals surface area (Å²) in [5.41, 5.74) is 29.2. The summed E-state index contributed by atoms with van der Waals surface area (Å²) in [4.78, 5) is 7.84. The second kappa shape index (κ2) is 15.1. The Labute approximate surface area is 429 Å². The van der Waals surface area contributed by atoms with Crippen LogP contribution in [0.5, 0.6) is 0 Å². The highest BCUT2D eigenvalue weighted by Crippen LogP contribution is 2.58. The van der Waals surface area contributed by atoms with Gasteiger partial charge in [0, 0.05) is 56.5 Å². The zero-order valence-electron chi connectivity index (χ0n) is 44.6. The Balaban J connectivity index is 1.15. The molecular weight excluding hydrogens is 870 g/mol. The van der Waals surface area contributed by atoms with Crippen molar-refractivity contribution in [3.05, 3.63) is 202 Å². The summed E-state index contributed by atoms with van der Waals surface area (Å²) < 4.78 is 0. The number of anilines is 9. The minimum atomic E-state index is -0.155. The Morgan fingerprint density at radius 1 is 0.403 bits per heavy atom. The van der Waals surface area contributed by atoms with Gasteiger partial charge >= 0.3 is 0 Å². The fraction of sp³-hybridized carbons (Fsp3) is 0.294. The highest BCUT2D eigenvalue weighted by atomic mass is 15.2. The summed E-state index contributed by atoms with van der Waals surface area (Å²) in [7, 11) is 0. The average molecular weight is 938 g/mol. The van der Waals surface area contributed by atoms with Crippen LogP contribution in [0.1, 0.15) is 133 Å². The predicted octanol–water partition coefficient (Wildman–Crippen LogP) is 16.5. The second-order valence-electron chi connectivity index (χ2n) is 25.3. The minimum Gasteiger partial charge on any atom is -0.311 e.